The van der Waals surface area contributed by atoms with E-state index in [4.69, 9.17) is 4.74 Å². The number of carbonyl (C=O) groups is 1. The number of amides is 1. The molecule has 2 atom stereocenters. The fraction of sp³-hybridized carbons (Fsp3) is 0.300. The maximum Gasteiger partial charge on any atom is 0.409 e. The number of benzene rings is 1. The van der Waals surface area contributed by atoms with Crippen LogP contribution in [0.15, 0.2) is 30.3 Å². The first-order valence-corrected chi connectivity index (χ1v) is 4.43. The van der Waals surface area contributed by atoms with Crippen LogP contribution in [-0.2, 0) is 4.74 Å². The predicted octanol–water partition coefficient (Wildman–Crippen LogP) is 0.828. The van der Waals surface area contributed by atoms with Crippen LogP contribution in [0.25, 0.3) is 0 Å². The second-order valence-electron chi connectivity index (χ2n) is 3.20. The highest BCUT2D eigenvalue weighted by atomic mass is 16.6. The first-order valence-electron chi connectivity index (χ1n) is 4.43. The van der Waals surface area contributed by atoms with E-state index in [1.807, 2.05) is 30.3 Å². The Morgan fingerprint density at radius 2 is 2.07 bits per heavy atom. The van der Waals surface area contributed by atoms with Gasteiger partial charge in [0.2, 0.25) is 0 Å². The Morgan fingerprint density at radius 3 is 2.71 bits per heavy atom. The van der Waals surface area contributed by atoms with Crippen LogP contribution >= 0.6 is 0 Å². The summed E-state index contributed by atoms with van der Waals surface area (Å²) in [6, 6.07) is 9.47. The largest absolute Gasteiger partial charge is 0.449 e. The van der Waals surface area contributed by atoms with E-state index in [0.717, 1.165) is 5.56 Å². The summed E-state index contributed by atoms with van der Waals surface area (Å²) in [6.07, 6.45) is -1.43. The van der Waals surface area contributed by atoms with Crippen LogP contribution in [-0.4, -0.2) is 24.0 Å². The quantitative estimate of drug-likeness (QED) is 0.694. The summed E-state index contributed by atoms with van der Waals surface area (Å²) in [5, 5.41) is 11.9. The SMILES string of the molecule is O=C1NC(O)C(c2ccccc2)CO1. The third-order valence-electron chi connectivity index (χ3n) is 2.27. The molecule has 4 heteroatoms. The molecular weight excluding hydrogens is 182 g/mol. The van der Waals surface area contributed by atoms with Gasteiger partial charge < -0.3 is 9.84 Å². The summed E-state index contributed by atoms with van der Waals surface area (Å²) in [7, 11) is 0. The monoisotopic (exact) mass is 193 g/mol. The van der Waals surface area contributed by atoms with E-state index in [0.29, 0.717) is 0 Å². The second kappa shape index (κ2) is 3.67. The van der Waals surface area contributed by atoms with Crippen molar-refractivity contribution in [3.63, 3.8) is 0 Å². The van der Waals surface area contributed by atoms with Crippen molar-refractivity contribution in [1.29, 1.82) is 0 Å². The molecule has 0 spiro atoms. The number of hydrogen-bond acceptors (Lipinski definition) is 3. The molecule has 1 amide bonds. The minimum absolute atomic E-state index is 0.186. The van der Waals surface area contributed by atoms with Crippen molar-refractivity contribution in [2.75, 3.05) is 6.61 Å². The van der Waals surface area contributed by atoms with Crippen molar-refractivity contribution in [2.24, 2.45) is 0 Å². The fourth-order valence-electron chi connectivity index (χ4n) is 1.50. The molecule has 14 heavy (non-hydrogen) atoms. The zero-order chi connectivity index (χ0) is 9.97. The van der Waals surface area contributed by atoms with Crippen molar-refractivity contribution in [2.45, 2.75) is 12.1 Å². The van der Waals surface area contributed by atoms with Crippen LogP contribution in [0.3, 0.4) is 0 Å². The minimum atomic E-state index is -0.862. The second-order valence-corrected chi connectivity index (χ2v) is 3.20. The molecule has 4 nitrogen and oxygen atoms in total. The highest BCUT2D eigenvalue weighted by molar-refractivity contribution is 5.68. The molecule has 0 bridgehead atoms. The minimum Gasteiger partial charge on any atom is -0.449 e. The molecule has 0 saturated carbocycles. The number of aliphatic hydroxyl groups excluding tert-OH is 1. The summed E-state index contributed by atoms with van der Waals surface area (Å²) in [5.41, 5.74) is 0.958. The number of alkyl carbamates (subject to hydrolysis) is 1. The van der Waals surface area contributed by atoms with Gasteiger partial charge in [-0.3, -0.25) is 5.32 Å². The van der Waals surface area contributed by atoms with E-state index in [-0.39, 0.29) is 12.5 Å². The summed E-state index contributed by atoms with van der Waals surface area (Å²) < 4.78 is 4.81. The zero-order valence-electron chi connectivity index (χ0n) is 7.51. The molecule has 1 aliphatic rings. The third kappa shape index (κ3) is 1.70. The lowest BCUT2D eigenvalue weighted by Crippen LogP contribution is -2.46. The van der Waals surface area contributed by atoms with Gasteiger partial charge in [0.1, 0.15) is 12.8 Å². The maximum absolute atomic E-state index is 10.8. The van der Waals surface area contributed by atoms with Gasteiger partial charge in [0.15, 0.2) is 0 Å². The smallest absolute Gasteiger partial charge is 0.409 e. The average molecular weight is 193 g/mol. The van der Waals surface area contributed by atoms with Gasteiger partial charge in [-0.2, -0.15) is 0 Å². The van der Waals surface area contributed by atoms with Crippen molar-refractivity contribution in [1.82, 2.24) is 5.32 Å². The van der Waals surface area contributed by atoms with Crippen LogP contribution < -0.4 is 5.32 Å². The van der Waals surface area contributed by atoms with Crippen LogP contribution in [0.2, 0.25) is 0 Å². The molecular formula is C10H11NO3. The van der Waals surface area contributed by atoms with Crippen molar-refractivity contribution >= 4 is 6.09 Å². The van der Waals surface area contributed by atoms with Gasteiger partial charge in [-0.25, -0.2) is 4.79 Å². The number of hydrogen-bond donors (Lipinski definition) is 2. The molecule has 1 heterocycles. The molecule has 0 aromatic heterocycles. The average Bonchev–Trinajstić information content (AvgIpc) is 2.19. The molecule has 1 saturated heterocycles. The number of nitrogens with one attached hydrogen (secondary N) is 1. The van der Waals surface area contributed by atoms with Gasteiger partial charge in [-0.05, 0) is 5.56 Å². The van der Waals surface area contributed by atoms with E-state index < -0.39 is 12.3 Å². The summed E-state index contributed by atoms with van der Waals surface area (Å²) in [4.78, 5) is 10.8. The normalized spacial score (nSPS) is 26.5. The summed E-state index contributed by atoms with van der Waals surface area (Å²) in [6.45, 7) is 0.219. The molecule has 1 aliphatic heterocycles. The van der Waals surface area contributed by atoms with Crippen molar-refractivity contribution in [3.05, 3.63) is 35.9 Å². The van der Waals surface area contributed by atoms with Gasteiger partial charge in [-0.1, -0.05) is 30.3 Å². The zero-order valence-corrected chi connectivity index (χ0v) is 7.51. The van der Waals surface area contributed by atoms with Crippen LogP contribution in [0.1, 0.15) is 11.5 Å². The molecule has 1 aromatic rings. The number of aliphatic hydroxyl groups is 1. The molecule has 0 aliphatic carbocycles. The predicted molar refractivity (Wildman–Crippen MR) is 49.7 cm³/mol. The Hall–Kier alpha value is -1.55. The van der Waals surface area contributed by atoms with Crippen LogP contribution in [0.5, 0.6) is 0 Å². The molecule has 2 N–H and O–H groups in total. The molecule has 2 rings (SSSR count). The molecule has 1 fully saturated rings. The number of carbonyl (C=O) groups excluding carboxylic acids is 1. The van der Waals surface area contributed by atoms with Crippen molar-refractivity contribution in [3.8, 4) is 0 Å². The molecule has 2 unspecified atom stereocenters. The maximum atomic E-state index is 10.8. The van der Waals surface area contributed by atoms with E-state index in [1.165, 1.54) is 0 Å². The number of cyclic esters (lactones) is 1. The van der Waals surface area contributed by atoms with Gasteiger partial charge >= 0.3 is 6.09 Å². The van der Waals surface area contributed by atoms with Gasteiger partial charge in [0, 0.05) is 0 Å². The standard InChI is InChI=1S/C10H11NO3/c12-9-8(6-14-10(13)11-9)7-4-2-1-3-5-7/h1-5,8-9,12H,6H2,(H,11,13). The Bertz CT molecular complexity index is 325. The highest BCUT2D eigenvalue weighted by Crippen LogP contribution is 2.21. The topological polar surface area (TPSA) is 58.6 Å². The Labute approximate surface area is 81.5 Å². The van der Waals surface area contributed by atoms with Crippen molar-refractivity contribution < 1.29 is 14.6 Å². The lowest BCUT2D eigenvalue weighted by molar-refractivity contribution is 0.0252. The fourth-order valence-corrected chi connectivity index (χ4v) is 1.50. The third-order valence-corrected chi connectivity index (χ3v) is 2.27. The van der Waals surface area contributed by atoms with Gasteiger partial charge in [0.05, 0.1) is 5.92 Å². The summed E-state index contributed by atoms with van der Waals surface area (Å²) in [5.74, 6) is -0.186. The van der Waals surface area contributed by atoms with E-state index >= 15 is 0 Å². The number of rotatable bonds is 1. The van der Waals surface area contributed by atoms with Crippen LogP contribution in [0.4, 0.5) is 4.79 Å². The van der Waals surface area contributed by atoms with E-state index in [2.05, 4.69) is 5.32 Å². The van der Waals surface area contributed by atoms with E-state index in [9.17, 15) is 9.90 Å². The molecule has 74 valence electrons. The Kier molecular flexibility index (Phi) is 2.37. The Balaban J connectivity index is 2.16. The summed E-state index contributed by atoms with van der Waals surface area (Å²) >= 11 is 0. The molecule has 1 aromatic carbocycles. The van der Waals surface area contributed by atoms with Gasteiger partial charge in [0.25, 0.3) is 0 Å². The van der Waals surface area contributed by atoms with Gasteiger partial charge in [-0.15, -0.1) is 0 Å². The first-order chi connectivity index (χ1) is 6.77. The number of ether oxygens (including phenoxy) is 1. The van der Waals surface area contributed by atoms with E-state index in [1.54, 1.807) is 0 Å². The Morgan fingerprint density at radius 1 is 1.36 bits per heavy atom. The lowest BCUT2D eigenvalue weighted by Gasteiger charge is -2.28. The van der Waals surface area contributed by atoms with Crippen LogP contribution in [0, 0.1) is 0 Å². The highest BCUT2D eigenvalue weighted by Gasteiger charge is 2.29. The molecule has 0 radical (unpaired) electrons. The first kappa shape index (κ1) is 9.02. The lowest BCUT2D eigenvalue weighted by atomic mass is 9.98.